The highest BCUT2D eigenvalue weighted by Crippen LogP contribution is 2.22. The molecule has 3 aromatic rings. The fourth-order valence-electron chi connectivity index (χ4n) is 2.64. The Morgan fingerprint density at radius 1 is 1.04 bits per heavy atom. The summed E-state index contributed by atoms with van der Waals surface area (Å²) in [4.78, 5) is 4.65. The molecule has 1 aromatic heterocycles. The smallest absolute Gasteiger partial charge is 0.240 e. The minimum atomic E-state index is -3.58. The summed E-state index contributed by atoms with van der Waals surface area (Å²) in [5.41, 5.74) is 3.30. The molecule has 2 aromatic carbocycles. The number of benzene rings is 2. The largest absolute Gasteiger partial charge is 0.441 e. The van der Waals surface area contributed by atoms with Crippen molar-refractivity contribution >= 4 is 10.0 Å². The number of hydrogen-bond acceptors (Lipinski definition) is 4. The Morgan fingerprint density at radius 3 is 2.41 bits per heavy atom. The second kappa shape index (κ2) is 7.62. The van der Waals surface area contributed by atoms with Gasteiger partial charge in [-0.1, -0.05) is 6.07 Å². The van der Waals surface area contributed by atoms with E-state index in [0.717, 1.165) is 11.1 Å². The molecule has 5 nitrogen and oxygen atoms in total. The predicted octanol–water partition coefficient (Wildman–Crippen LogP) is 3.93. The predicted molar refractivity (Wildman–Crippen MR) is 101 cm³/mol. The third kappa shape index (κ3) is 4.43. The summed E-state index contributed by atoms with van der Waals surface area (Å²) in [6, 6.07) is 10.9. The molecule has 0 saturated carbocycles. The molecule has 0 aliphatic heterocycles. The Hall–Kier alpha value is -2.51. The molecule has 7 heteroatoms. The summed E-state index contributed by atoms with van der Waals surface area (Å²) in [5, 5.41) is 0. The van der Waals surface area contributed by atoms with Crippen LogP contribution in [-0.4, -0.2) is 19.9 Å². The molecule has 0 saturated heterocycles. The number of hydrogen-bond donors (Lipinski definition) is 1. The molecule has 1 N–H and O–H groups in total. The summed E-state index contributed by atoms with van der Waals surface area (Å²) in [6.45, 7) is 5.79. The summed E-state index contributed by atoms with van der Waals surface area (Å²) < 4.78 is 46.1. The van der Waals surface area contributed by atoms with E-state index in [0.29, 0.717) is 29.3 Å². The van der Waals surface area contributed by atoms with Gasteiger partial charge >= 0.3 is 0 Å². The molecule has 0 unspecified atom stereocenters. The van der Waals surface area contributed by atoms with Gasteiger partial charge in [0.25, 0.3) is 0 Å². The summed E-state index contributed by atoms with van der Waals surface area (Å²) >= 11 is 0. The van der Waals surface area contributed by atoms with Gasteiger partial charge in [-0.25, -0.2) is 22.5 Å². The minimum Gasteiger partial charge on any atom is -0.441 e. The molecule has 0 amide bonds. The highest BCUT2D eigenvalue weighted by Gasteiger charge is 2.16. The van der Waals surface area contributed by atoms with Crippen molar-refractivity contribution in [3.05, 3.63) is 70.9 Å². The lowest BCUT2D eigenvalue weighted by atomic mass is 10.1. The van der Waals surface area contributed by atoms with E-state index < -0.39 is 10.0 Å². The second-order valence-corrected chi connectivity index (χ2v) is 8.19. The van der Waals surface area contributed by atoms with Crippen molar-refractivity contribution in [2.24, 2.45) is 0 Å². The van der Waals surface area contributed by atoms with Crippen LogP contribution in [0.25, 0.3) is 11.5 Å². The SMILES string of the molecule is Cc1ccc(S(=O)(=O)NCCc2nc(-c3ccc(F)cc3)oc2C)cc1C. The van der Waals surface area contributed by atoms with Gasteiger partial charge < -0.3 is 4.42 Å². The molecule has 0 bridgehead atoms. The number of sulfonamides is 1. The van der Waals surface area contributed by atoms with Gasteiger partial charge in [0.1, 0.15) is 11.6 Å². The second-order valence-electron chi connectivity index (χ2n) is 6.42. The Bertz CT molecular complexity index is 1060. The maximum atomic E-state index is 13.0. The van der Waals surface area contributed by atoms with Crippen LogP contribution in [0.4, 0.5) is 4.39 Å². The first-order valence-electron chi connectivity index (χ1n) is 8.55. The number of oxazole rings is 1. The van der Waals surface area contributed by atoms with Gasteiger partial charge in [0.05, 0.1) is 10.6 Å². The van der Waals surface area contributed by atoms with E-state index in [9.17, 15) is 12.8 Å². The highest BCUT2D eigenvalue weighted by molar-refractivity contribution is 7.89. The monoisotopic (exact) mass is 388 g/mol. The molecule has 0 aliphatic rings. The number of aromatic nitrogens is 1. The number of halogens is 1. The molecule has 1 heterocycles. The lowest BCUT2D eigenvalue weighted by Gasteiger charge is -2.08. The van der Waals surface area contributed by atoms with Gasteiger partial charge in [-0.3, -0.25) is 0 Å². The van der Waals surface area contributed by atoms with Crippen LogP contribution in [0.5, 0.6) is 0 Å². The van der Waals surface area contributed by atoms with Crippen molar-refractivity contribution in [1.29, 1.82) is 0 Å². The number of nitrogens with zero attached hydrogens (tertiary/aromatic N) is 1. The topological polar surface area (TPSA) is 72.2 Å². The molecule has 0 spiro atoms. The fourth-order valence-corrected chi connectivity index (χ4v) is 3.76. The average molecular weight is 388 g/mol. The van der Waals surface area contributed by atoms with Crippen LogP contribution in [0.15, 0.2) is 51.8 Å². The molecule has 3 rings (SSSR count). The lowest BCUT2D eigenvalue weighted by molar-refractivity contribution is 0.538. The van der Waals surface area contributed by atoms with E-state index in [2.05, 4.69) is 9.71 Å². The molecule has 0 atom stereocenters. The van der Waals surface area contributed by atoms with Gasteiger partial charge in [0, 0.05) is 18.5 Å². The van der Waals surface area contributed by atoms with Crippen LogP contribution in [-0.2, 0) is 16.4 Å². The Labute approximate surface area is 158 Å². The zero-order valence-electron chi connectivity index (χ0n) is 15.4. The zero-order valence-corrected chi connectivity index (χ0v) is 16.2. The first-order chi connectivity index (χ1) is 12.8. The number of nitrogens with one attached hydrogen (secondary N) is 1. The Kier molecular flexibility index (Phi) is 5.43. The van der Waals surface area contributed by atoms with Crippen LogP contribution in [0, 0.1) is 26.6 Å². The van der Waals surface area contributed by atoms with E-state index in [4.69, 9.17) is 4.42 Å². The summed E-state index contributed by atoms with van der Waals surface area (Å²) in [7, 11) is -3.58. The van der Waals surface area contributed by atoms with E-state index in [-0.39, 0.29) is 17.3 Å². The van der Waals surface area contributed by atoms with E-state index >= 15 is 0 Å². The van der Waals surface area contributed by atoms with Gasteiger partial charge in [0.15, 0.2) is 0 Å². The van der Waals surface area contributed by atoms with Crippen molar-refractivity contribution in [3.63, 3.8) is 0 Å². The molecule has 142 valence electrons. The summed E-state index contributed by atoms with van der Waals surface area (Å²) in [6.07, 6.45) is 0.389. The van der Waals surface area contributed by atoms with Crippen molar-refractivity contribution < 1.29 is 17.2 Å². The van der Waals surface area contributed by atoms with Crippen molar-refractivity contribution in [1.82, 2.24) is 9.71 Å². The van der Waals surface area contributed by atoms with Crippen LogP contribution in [0.3, 0.4) is 0 Å². The van der Waals surface area contributed by atoms with Crippen LogP contribution in [0.1, 0.15) is 22.6 Å². The van der Waals surface area contributed by atoms with E-state index in [1.165, 1.54) is 12.1 Å². The summed E-state index contributed by atoms with van der Waals surface area (Å²) in [5.74, 6) is 0.669. The number of rotatable bonds is 6. The van der Waals surface area contributed by atoms with Gasteiger partial charge in [0.2, 0.25) is 15.9 Å². The van der Waals surface area contributed by atoms with E-state index in [1.807, 2.05) is 13.8 Å². The van der Waals surface area contributed by atoms with Gasteiger partial charge in [-0.2, -0.15) is 0 Å². The molecule has 0 radical (unpaired) electrons. The highest BCUT2D eigenvalue weighted by atomic mass is 32.2. The Morgan fingerprint density at radius 2 is 1.74 bits per heavy atom. The molecular weight excluding hydrogens is 367 g/mol. The molecular formula is C20H21FN2O3S. The molecule has 0 aliphatic carbocycles. The number of aryl methyl sites for hydroxylation is 3. The van der Waals surface area contributed by atoms with Gasteiger partial charge in [-0.15, -0.1) is 0 Å². The van der Waals surface area contributed by atoms with E-state index in [1.54, 1.807) is 37.3 Å². The molecule has 0 fully saturated rings. The van der Waals surface area contributed by atoms with Crippen molar-refractivity contribution in [2.45, 2.75) is 32.1 Å². The lowest BCUT2D eigenvalue weighted by Crippen LogP contribution is -2.26. The Balaban J connectivity index is 1.68. The average Bonchev–Trinajstić information content (AvgIpc) is 2.98. The normalized spacial score (nSPS) is 11.7. The van der Waals surface area contributed by atoms with Crippen LogP contribution in [0.2, 0.25) is 0 Å². The van der Waals surface area contributed by atoms with Crippen molar-refractivity contribution in [2.75, 3.05) is 6.54 Å². The molecule has 27 heavy (non-hydrogen) atoms. The first kappa shape index (κ1) is 19.3. The minimum absolute atomic E-state index is 0.200. The van der Waals surface area contributed by atoms with Crippen LogP contribution >= 0.6 is 0 Å². The van der Waals surface area contributed by atoms with Gasteiger partial charge in [-0.05, 0) is 68.3 Å². The maximum absolute atomic E-state index is 13.0. The third-order valence-electron chi connectivity index (χ3n) is 4.43. The zero-order chi connectivity index (χ0) is 19.6. The quantitative estimate of drug-likeness (QED) is 0.695. The third-order valence-corrected chi connectivity index (χ3v) is 5.89. The fraction of sp³-hybridized carbons (Fsp3) is 0.250. The van der Waals surface area contributed by atoms with Crippen LogP contribution < -0.4 is 4.72 Å². The maximum Gasteiger partial charge on any atom is 0.240 e. The standard InChI is InChI=1S/C20H21FN2O3S/c1-13-4-9-18(12-14(13)2)27(24,25)22-11-10-19-15(3)26-20(23-19)16-5-7-17(21)8-6-16/h4-9,12,22H,10-11H2,1-3H3. The van der Waals surface area contributed by atoms with Crippen molar-refractivity contribution in [3.8, 4) is 11.5 Å². The first-order valence-corrected chi connectivity index (χ1v) is 10.0.